The average Bonchev–Trinajstić information content (AvgIpc) is 3.01. The van der Waals surface area contributed by atoms with E-state index in [1.165, 1.54) is 5.56 Å². The van der Waals surface area contributed by atoms with Gasteiger partial charge in [-0.2, -0.15) is 5.10 Å². The molecule has 4 nitrogen and oxygen atoms in total. The second-order valence-corrected chi connectivity index (χ2v) is 6.51. The van der Waals surface area contributed by atoms with Crippen LogP contribution >= 0.6 is 0 Å². The molecule has 2 heterocycles. The Hall–Kier alpha value is -3.27. The summed E-state index contributed by atoms with van der Waals surface area (Å²) in [5.41, 5.74) is 7.10. The van der Waals surface area contributed by atoms with Gasteiger partial charge in [0.15, 0.2) is 0 Å². The Morgan fingerprint density at radius 2 is 1.31 bits per heavy atom. The van der Waals surface area contributed by atoms with Crippen LogP contribution in [0.5, 0.6) is 0 Å². The summed E-state index contributed by atoms with van der Waals surface area (Å²) in [6.45, 7) is 6.08. The third-order valence-corrected chi connectivity index (χ3v) is 4.33. The number of nitrogens with zero attached hydrogens (tertiary/aromatic N) is 4. The second kappa shape index (κ2) is 6.56. The summed E-state index contributed by atoms with van der Waals surface area (Å²) in [5.74, 6) is 0.590. The van der Waals surface area contributed by atoms with Crippen molar-refractivity contribution >= 4 is 0 Å². The first kappa shape index (κ1) is 16.2. The fourth-order valence-corrected chi connectivity index (χ4v) is 2.99. The molecule has 4 aromatic rings. The van der Waals surface area contributed by atoms with Crippen molar-refractivity contribution in [2.24, 2.45) is 0 Å². The maximum absolute atomic E-state index is 4.79. The average molecular weight is 340 g/mol. The maximum atomic E-state index is 4.79. The van der Waals surface area contributed by atoms with Gasteiger partial charge in [-0.15, -0.1) is 0 Å². The fraction of sp³-hybridized carbons (Fsp3) is 0.136. The molecular formula is C22H20N4. The van der Waals surface area contributed by atoms with Crippen LogP contribution in [0.4, 0.5) is 0 Å². The van der Waals surface area contributed by atoms with Crippen LogP contribution in [-0.2, 0) is 0 Å². The summed E-state index contributed by atoms with van der Waals surface area (Å²) < 4.78 is 1.81. The minimum absolute atomic E-state index is 0.590. The molecule has 0 saturated carbocycles. The highest BCUT2D eigenvalue weighted by atomic mass is 15.4. The van der Waals surface area contributed by atoms with Crippen LogP contribution in [0.25, 0.3) is 28.5 Å². The number of aryl methyl sites for hydroxylation is 3. The molecule has 0 radical (unpaired) electrons. The molecule has 0 amide bonds. The third kappa shape index (κ3) is 3.14. The molecule has 0 saturated heterocycles. The quantitative estimate of drug-likeness (QED) is 0.531. The van der Waals surface area contributed by atoms with Crippen molar-refractivity contribution in [2.45, 2.75) is 20.8 Å². The number of aromatic nitrogens is 4. The largest absolute Gasteiger partial charge is 0.251 e. The van der Waals surface area contributed by atoms with Gasteiger partial charge in [-0.25, -0.2) is 14.6 Å². The molecule has 0 atom stereocenters. The lowest BCUT2D eigenvalue weighted by molar-refractivity contribution is 0.776. The second-order valence-electron chi connectivity index (χ2n) is 6.51. The molecule has 0 aliphatic heterocycles. The number of rotatable bonds is 3. The van der Waals surface area contributed by atoms with E-state index in [2.05, 4.69) is 48.4 Å². The lowest BCUT2D eigenvalue weighted by Crippen LogP contribution is -2.07. The highest BCUT2D eigenvalue weighted by molar-refractivity contribution is 5.68. The summed E-state index contributed by atoms with van der Waals surface area (Å²) in [6, 6.07) is 22.6. The topological polar surface area (TPSA) is 43.6 Å². The molecule has 0 unspecified atom stereocenters. The van der Waals surface area contributed by atoms with Crippen LogP contribution in [0.15, 0.2) is 66.7 Å². The Kier molecular flexibility index (Phi) is 4.09. The van der Waals surface area contributed by atoms with E-state index < -0.39 is 0 Å². The van der Waals surface area contributed by atoms with Gasteiger partial charge in [-0.05, 0) is 32.9 Å². The highest BCUT2D eigenvalue weighted by Gasteiger charge is 2.12. The zero-order valence-electron chi connectivity index (χ0n) is 15.1. The Labute approximate surface area is 153 Å². The first-order valence-electron chi connectivity index (χ1n) is 8.65. The SMILES string of the molecule is Cc1ccc(-c2cc(-c3ccccc3)nc(-n3nc(C)cc3C)n2)cc1. The number of hydrogen-bond acceptors (Lipinski definition) is 3. The van der Waals surface area contributed by atoms with E-state index in [1.54, 1.807) is 4.68 Å². The van der Waals surface area contributed by atoms with Crippen molar-refractivity contribution in [3.8, 4) is 28.5 Å². The minimum Gasteiger partial charge on any atom is -0.211 e. The number of hydrogen-bond donors (Lipinski definition) is 0. The first-order chi connectivity index (χ1) is 12.6. The molecule has 0 N–H and O–H groups in total. The Balaban J connectivity index is 1.92. The van der Waals surface area contributed by atoms with Gasteiger partial charge in [0.25, 0.3) is 5.95 Å². The minimum atomic E-state index is 0.590. The van der Waals surface area contributed by atoms with Crippen LogP contribution in [0.2, 0.25) is 0 Å². The molecule has 0 bridgehead atoms. The third-order valence-electron chi connectivity index (χ3n) is 4.33. The van der Waals surface area contributed by atoms with E-state index in [-0.39, 0.29) is 0 Å². The van der Waals surface area contributed by atoms with Crippen molar-refractivity contribution in [1.82, 2.24) is 19.7 Å². The molecule has 26 heavy (non-hydrogen) atoms. The van der Waals surface area contributed by atoms with Gasteiger partial charge < -0.3 is 0 Å². The zero-order valence-corrected chi connectivity index (χ0v) is 15.1. The Morgan fingerprint density at radius 1 is 0.692 bits per heavy atom. The molecule has 0 aliphatic carbocycles. The molecule has 128 valence electrons. The highest BCUT2D eigenvalue weighted by Crippen LogP contribution is 2.25. The van der Waals surface area contributed by atoms with Crippen LogP contribution in [-0.4, -0.2) is 19.7 Å². The first-order valence-corrected chi connectivity index (χ1v) is 8.65. The van der Waals surface area contributed by atoms with Gasteiger partial charge in [0, 0.05) is 16.8 Å². The standard InChI is InChI=1S/C22H20N4/c1-15-9-11-19(12-10-15)21-14-20(18-7-5-4-6-8-18)23-22(24-21)26-17(3)13-16(2)25-26/h4-14H,1-3H3. The van der Waals surface area contributed by atoms with E-state index in [4.69, 9.17) is 9.97 Å². The van der Waals surface area contributed by atoms with E-state index in [1.807, 2.05) is 44.2 Å². The summed E-state index contributed by atoms with van der Waals surface area (Å²) in [6.07, 6.45) is 0. The lowest BCUT2D eigenvalue weighted by Gasteiger charge is -2.10. The predicted molar refractivity (Wildman–Crippen MR) is 104 cm³/mol. The molecule has 0 aliphatic rings. The zero-order chi connectivity index (χ0) is 18.1. The Bertz CT molecular complexity index is 1050. The Morgan fingerprint density at radius 3 is 1.88 bits per heavy atom. The predicted octanol–water partition coefficient (Wildman–Crippen LogP) is 4.92. The van der Waals surface area contributed by atoms with Crippen LogP contribution in [0, 0.1) is 20.8 Å². The van der Waals surface area contributed by atoms with Gasteiger partial charge in [-0.3, -0.25) is 0 Å². The molecule has 0 spiro atoms. The monoisotopic (exact) mass is 340 g/mol. The van der Waals surface area contributed by atoms with E-state index in [0.717, 1.165) is 33.9 Å². The molecule has 2 aromatic heterocycles. The summed E-state index contributed by atoms with van der Waals surface area (Å²) in [7, 11) is 0. The summed E-state index contributed by atoms with van der Waals surface area (Å²) in [4.78, 5) is 9.57. The maximum Gasteiger partial charge on any atom is 0.251 e. The lowest BCUT2D eigenvalue weighted by atomic mass is 10.1. The van der Waals surface area contributed by atoms with Gasteiger partial charge in [0.05, 0.1) is 17.1 Å². The van der Waals surface area contributed by atoms with Crippen LogP contribution in [0.1, 0.15) is 17.0 Å². The molecular weight excluding hydrogens is 320 g/mol. The normalized spacial score (nSPS) is 10.9. The van der Waals surface area contributed by atoms with E-state index in [0.29, 0.717) is 5.95 Å². The summed E-state index contributed by atoms with van der Waals surface area (Å²) >= 11 is 0. The van der Waals surface area contributed by atoms with Crippen LogP contribution in [0.3, 0.4) is 0 Å². The fourth-order valence-electron chi connectivity index (χ4n) is 2.99. The van der Waals surface area contributed by atoms with Crippen molar-refractivity contribution in [1.29, 1.82) is 0 Å². The number of benzene rings is 2. The van der Waals surface area contributed by atoms with Crippen molar-refractivity contribution in [3.63, 3.8) is 0 Å². The van der Waals surface area contributed by atoms with Crippen molar-refractivity contribution in [3.05, 3.63) is 83.7 Å². The molecule has 2 aromatic carbocycles. The van der Waals surface area contributed by atoms with E-state index >= 15 is 0 Å². The van der Waals surface area contributed by atoms with E-state index in [9.17, 15) is 0 Å². The molecule has 0 fully saturated rings. The van der Waals surface area contributed by atoms with Crippen LogP contribution < -0.4 is 0 Å². The molecule has 4 rings (SSSR count). The van der Waals surface area contributed by atoms with Crippen molar-refractivity contribution < 1.29 is 0 Å². The van der Waals surface area contributed by atoms with Gasteiger partial charge in [0.1, 0.15) is 0 Å². The summed E-state index contributed by atoms with van der Waals surface area (Å²) in [5, 5.41) is 4.56. The molecule has 4 heteroatoms. The van der Waals surface area contributed by atoms with Gasteiger partial charge in [0.2, 0.25) is 0 Å². The van der Waals surface area contributed by atoms with Gasteiger partial charge in [-0.1, -0.05) is 60.2 Å². The smallest absolute Gasteiger partial charge is 0.211 e. The van der Waals surface area contributed by atoms with Crippen molar-refractivity contribution in [2.75, 3.05) is 0 Å². The van der Waals surface area contributed by atoms with Gasteiger partial charge >= 0.3 is 0 Å².